The van der Waals surface area contributed by atoms with Crippen molar-refractivity contribution in [3.63, 3.8) is 0 Å². The van der Waals surface area contributed by atoms with Crippen molar-refractivity contribution in [2.45, 2.75) is 18.6 Å². The smallest absolute Gasteiger partial charge is 0.154 e. The van der Waals surface area contributed by atoms with Crippen LogP contribution in [0.2, 0.25) is 0 Å². The van der Waals surface area contributed by atoms with Gasteiger partial charge in [-0.25, -0.2) is 4.98 Å². The molecule has 2 atom stereocenters. The van der Waals surface area contributed by atoms with Gasteiger partial charge in [0.05, 0.1) is 31.0 Å². The van der Waals surface area contributed by atoms with E-state index in [-0.39, 0.29) is 19.3 Å². The summed E-state index contributed by atoms with van der Waals surface area (Å²) in [5, 5.41) is 28.1. The molecule has 1 aliphatic rings. The van der Waals surface area contributed by atoms with Gasteiger partial charge in [-0.1, -0.05) is 0 Å². The van der Waals surface area contributed by atoms with Crippen LogP contribution in [0, 0.1) is 0 Å². The first kappa shape index (κ1) is 14.8. The zero-order chi connectivity index (χ0) is 14.7. The first-order valence-corrected chi connectivity index (χ1v) is 6.71. The number of β-amino-alcohol motifs (C(OH)–C–C–N with tert-alkyl or cyclic N) is 1. The van der Waals surface area contributed by atoms with Crippen molar-refractivity contribution in [1.82, 2.24) is 4.98 Å². The van der Waals surface area contributed by atoms with E-state index in [0.717, 1.165) is 0 Å². The number of hydrogen-bond acceptors (Lipinski definition) is 7. The van der Waals surface area contributed by atoms with Crippen LogP contribution in [-0.4, -0.2) is 65.8 Å². The van der Waals surface area contributed by atoms with E-state index in [9.17, 15) is 10.2 Å². The summed E-state index contributed by atoms with van der Waals surface area (Å²) in [6, 6.07) is 3.41. The van der Waals surface area contributed by atoms with Crippen LogP contribution in [0.5, 0.6) is 0 Å². The molecule has 0 saturated carbocycles. The normalized spacial score (nSPS) is 22.3. The molecule has 0 radical (unpaired) electrons. The van der Waals surface area contributed by atoms with Crippen LogP contribution in [0.25, 0.3) is 0 Å². The number of nitrogens with zero attached hydrogens (tertiary/aromatic N) is 3. The second kappa shape index (κ2) is 6.25. The molecule has 5 N–H and O–H groups in total. The predicted octanol–water partition coefficient (Wildman–Crippen LogP) is -0.976. The second-order valence-electron chi connectivity index (χ2n) is 5.11. The topological polar surface area (TPSA) is 106 Å². The summed E-state index contributed by atoms with van der Waals surface area (Å²) in [6.07, 6.45) is 0.0785. The molecule has 0 amide bonds. The van der Waals surface area contributed by atoms with Crippen LogP contribution in [0.3, 0.4) is 0 Å². The standard InChI is InChI=1S/C13H22N4O3/c1-16(4-5-18)13-11(14)2-3-12(15-13)17-7-10(20)6-9(17)8-19/h2-3,9-10,18-20H,4-8,14H2,1H3. The molecule has 112 valence electrons. The largest absolute Gasteiger partial charge is 0.396 e. The van der Waals surface area contributed by atoms with Gasteiger partial charge in [0, 0.05) is 20.1 Å². The van der Waals surface area contributed by atoms with E-state index in [2.05, 4.69) is 4.98 Å². The van der Waals surface area contributed by atoms with E-state index in [0.29, 0.717) is 36.8 Å². The fourth-order valence-electron chi connectivity index (χ4n) is 2.52. The number of hydrogen-bond donors (Lipinski definition) is 4. The van der Waals surface area contributed by atoms with Gasteiger partial charge < -0.3 is 30.9 Å². The molecule has 1 aromatic rings. The molecule has 1 saturated heterocycles. The van der Waals surface area contributed by atoms with E-state index >= 15 is 0 Å². The zero-order valence-corrected chi connectivity index (χ0v) is 11.6. The number of likely N-dealkylation sites (N-methyl/N-ethyl adjacent to an activating group) is 1. The maximum Gasteiger partial charge on any atom is 0.154 e. The average Bonchev–Trinajstić information content (AvgIpc) is 2.80. The zero-order valence-electron chi connectivity index (χ0n) is 11.6. The lowest BCUT2D eigenvalue weighted by Gasteiger charge is -2.26. The highest BCUT2D eigenvalue weighted by atomic mass is 16.3. The van der Waals surface area contributed by atoms with Gasteiger partial charge in [-0.15, -0.1) is 0 Å². The number of anilines is 3. The number of pyridine rings is 1. The Morgan fingerprint density at radius 1 is 1.45 bits per heavy atom. The molecule has 7 heteroatoms. The van der Waals surface area contributed by atoms with Crippen molar-refractivity contribution in [3.05, 3.63) is 12.1 Å². The fourth-order valence-corrected chi connectivity index (χ4v) is 2.52. The molecule has 0 spiro atoms. The highest BCUT2D eigenvalue weighted by Gasteiger charge is 2.31. The third kappa shape index (κ3) is 2.95. The molecule has 1 aliphatic heterocycles. The van der Waals surface area contributed by atoms with E-state index in [1.54, 1.807) is 24.1 Å². The Morgan fingerprint density at radius 3 is 2.85 bits per heavy atom. The van der Waals surface area contributed by atoms with E-state index < -0.39 is 6.10 Å². The number of aromatic nitrogens is 1. The van der Waals surface area contributed by atoms with Crippen molar-refractivity contribution in [1.29, 1.82) is 0 Å². The van der Waals surface area contributed by atoms with Crippen LogP contribution in [0.4, 0.5) is 17.3 Å². The monoisotopic (exact) mass is 282 g/mol. The van der Waals surface area contributed by atoms with Gasteiger partial charge in [0.25, 0.3) is 0 Å². The number of aliphatic hydroxyl groups is 3. The summed E-state index contributed by atoms with van der Waals surface area (Å²) in [4.78, 5) is 8.17. The lowest BCUT2D eigenvalue weighted by Crippen LogP contribution is -2.33. The van der Waals surface area contributed by atoms with E-state index in [1.165, 1.54) is 0 Å². The third-order valence-corrected chi connectivity index (χ3v) is 3.58. The van der Waals surface area contributed by atoms with Crippen LogP contribution in [0.1, 0.15) is 6.42 Å². The molecule has 20 heavy (non-hydrogen) atoms. The summed E-state index contributed by atoms with van der Waals surface area (Å²) < 4.78 is 0. The van der Waals surface area contributed by atoms with Gasteiger partial charge in [-0.3, -0.25) is 0 Å². The number of nitrogens with two attached hydrogens (primary N) is 1. The minimum Gasteiger partial charge on any atom is -0.396 e. The van der Waals surface area contributed by atoms with Gasteiger partial charge in [0.15, 0.2) is 5.82 Å². The van der Waals surface area contributed by atoms with Crippen molar-refractivity contribution in [2.75, 3.05) is 48.9 Å². The molecule has 1 aromatic heterocycles. The molecule has 2 heterocycles. The lowest BCUT2D eigenvalue weighted by molar-refractivity contribution is 0.184. The molecule has 7 nitrogen and oxygen atoms in total. The molecule has 2 rings (SSSR count). The summed E-state index contributed by atoms with van der Waals surface area (Å²) >= 11 is 0. The molecule has 0 bridgehead atoms. The Hall–Kier alpha value is -1.57. The van der Waals surface area contributed by atoms with Crippen LogP contribution in [-0.2, 0) is 0 Å². The van der Waals surface area contributed by atoms with Gasteiger partial charge in [-0.05, 0) is 18.6 Å². The number of rotatable bonds is 5. The van der Waals surface area contributed by atoms with Gasteiger partial charge in [0.1, 0.15) is 5.82 Å². The minimum absolute atomic E-state index is 0.0174. The summed E-state index contributed by atoms with van der Waals surface area (Å²) in [7, 11) is 1.81. The molecular formula is C13H22N4O3. The van der Waals surface area contributed by atoms with Crippen molar-refractivity contribution < 1.29 is 15.3 Å². The SMILES string of the molecule is CN(CCO)c1nc(N2CC(O)CC2CO)ccc1N. The molecular weight excluding hydrogens is 260 g/mol. The van der Waals surface area contributed by atoms with E-state index in [1.807, 2.05) is 4.90 Å². The number of nitrogen functional groups attached to an aromatic ring is 1. The van der Waals surface area contributed by atoms with Crippen LogP contribution < -0.4 is 15.5 Å². The minimum atomic E-state index is -0.454. The first-order chi connectivity index (χ1) is 9.56. The summed E-state index contributed by atoms with van der Waals surface area (Å²) in [6.45, 7) is 0.881. The molecule has 0 aromatic carbocycles. The van der Waals surface area contributed by atoms with Gasteiger partial charge in [0.2, 0.25) is 0 Å². The van der Waals surface area contributed by atoms with E-state index in [4.69, 9.17) is 10.8 Å². The summed E-state index contributed by atoms with van der Waals surface area (Å²) in [5.41, 5.74) is 6.44. The molecule has 0 aliphatic carbocycles. The van der Waals surface area contributed by atoms with Crippen molar-refractivity contribution in [2.24, 2.45) is 0 Å². The van der Waals surface area contributed by atoms with Gasteiger partial charge in [-0.2, -0.15) is 0 Å². The fraction of sp³-hybridized carbons (Fsp3) is 0.615. The van der Waals surface area contributed by atoms with Crippen LogP contribution >= 0.6 is 0 Å². The van der Waals surface area contributed by atoms with Crippen LogP contribution in [0.15, 0.2) is 12.1 Å². The summed E-state index contributed by atoms with van der Waals surface area (Å²) in [5.74, 6) is 1.27. The first-order valence-electron chi connectivity index (χ1n) is 6.71. The predicted molar refractivity (Wildman–Crippen MR) is 77.8 cm³/mol. The second-order valence-corrected chi connectivity index (χ2v) is 5.11. The Morgan fingerprint density at radius 2 is 2.20 bits per heavy atom. The van der Waals surface area contributed by atoms with Crippen molar-refractivity contribution in [3.8, 4) is 0 Å². The molecule has 1 fully saturated rings. The maximum absolute atomic E-state index is 9.73. The Balaban J connectivity index is 2.26. The molecule has 2 unspecified atom stereocenters. The van der Waals surface area contributed by atoms with Crippen molar-refractivity contribution >= 4 is 17.3 Å². The third-order valence-electron chi connectivity index (χ3n) is 3.58. The Kier molecular flexibility index (Phi) is 4.64. The Bertz CT molecular complexity index is 457. The quantitative estimate of drug-likeness (QED) is 0.550. The highest BCUT2D eigenvalue weighted by molar-refractivity contribution is 5.66. The average molecular weight is 282 g/mol. The Labute approximate surface area is 118 Å². The lowest BCUT2D eigenvalue weighted by atomic mass is 10.2. The highest BCUT2D eigenvalue weighted by Crippen LogP contribution is 2.28. The maximum atomic E-state index is 9.73. The van der Waals surface area contributed by atoms with Gasteiger partial charge >= 0.3 is 0 Å². The number of aliphatic hydroxyl groups excluding tert-OH is 3.